The van der Waals surface area contributed by atoms with Crippen molar-refractivity contribution in [1.29, 1.82) is 0 Å². The molecule has 18 heavy (non-hydrogen) atoms. The van der Waals surface area contributed by atoms with Gasteiger partial charge in [0.2, 0.25) is 0 Å². The SMILES string of the molecule is COCC1CC(NC(=O)OC(C)(C)C)(C(=O)O)C1. The first-order valence-electron chi connectivity index (χ1n) is 5.92. The van der Waals surface area contributed by atoms with Crippen LogP contribution in [0.25, 0.3) is 0 Å². The summed E-state index contributed by atoms with van der Waals surface area (Å²) >= 11 is 0. The molecule has 0 aromatic rings. The quantitative estimate of drug-likeness (QED) is 0.797. The van der Waals surface area contributed by atoms with Gasteiger partial charge in [-0.1, -0.05) is 0 Å². The lowest BCUT2D eigenvalue weighted by Crippen LogP contribution is -2.63. The van der Waals surface area contributed by atoms with Crippen LogP contribution in [-0.2, 0) is 14.3 Å². The molecule has 0 unspecified atom stereocenters. The third-order valence-electron chi connectivity index (χ3n) is 2.83. The van der Waals surface area contributed by atoms with Gasteiger partial charge in [0.1, 0.15) is 11.1 Å². The van der Waals surface area contributed by atoms with E-state index in [0.717, 1.165) is 0 Å². The number of methoxy groups -OCH3 is 1. The predicted molar refractivity (Wildman–Crippen MR) is 64.3 cm³/mol. The maximum Gasteiger partial charge on any atom is 0.408 e. The molecule has 0 aliphatic heterocycles. The van der Waals surface area contributed by atoms with Crippen LogP contribution in [0.15, 0.2) is 0 Å². The number of hydrogen-bond donors (Lipinski definition) is 2. The molecular weight excluding hydrogens is 238 g/mol. The predicted octanol–water partition coefficient (Wildman–Crippen LogP) is 1.39. The zero-order valence-electron chi connectivity index (χ0n) is 11.3. The molecule has 0 radical (unpaired) electrons. The van der Waals surface area contributed by atoms with E-state index in [1.807, 2.05) is 0 Å². The van der Waals surface area contributed by atoms with E-state index in [-0.39, 0.29) is 5.92 Å². The molecule has 0 heterocycles. The van der Waals surface area contributed by atoms with E-state index in [2.05, 4.69) is 5.32 Å². The van der Waals surface area contributed by atoms with Crippen molar-refractivity contribution >= 4 is 12.1 Å². The summed E-state index contributed by atoms with van der Waals surface area (Å²) in [6, 6.07) is 0. The standard InChI is InChI=1S/C12H21NO5/c1-11(2,3)18-10(16)13-12(9(14)15)5-8(6-12)7-17-4/h8H,5-7H2,1-4H3,(H,13,16)(H,14,15). The molecule has 0 bridgehead atoms. The lowest BCUT2D eigenvalue weighted by molar-refractivity contribution is -0.152. The second kappa shape index (κ2) is 5.14. The summed E-state index contributed by atoms with van der Waals surface area (Å²) in [5.41, 5.74) is -1.84. The first kappa shape index (κ1) is 14.8. The Morgan fingerprint density at radius 3 is 2.33 bits per heavy atom. The zero-order chi connectivity index (χ0) is 14.0. The molecule has 0 saturated heterocycles. The summed E-state index contributed by atoms with van der Waals surface area (Å²) in [6.07, 6.45) is 0.0472. The van der Waals surface area contributed by atoms with E-state index in [1.54, 1.807) is 27.9 Å². The third-order valence-corrected chi connectivity index (χ3v) is 2.83. The van der Waals surface area contributed by atoms with Crippen LogP contribution in [-0.4, -0.2) is 42.0 Å². The number of carbonyl (C=O) groups excluding carboxylic acids is 1. The van der Waals surface area contributed by atoms with Gasteiger partial charge in [-0.2, -0.15) is 0 Å². The number of hydrogen-bond acceptors (Lipinski definition) is 4. The molecule has 2 N–H and O–H groups in total. The van der Waals surface area contributed by atoms with Crippen molar-refractivity contribution < 1.29 is 24.2 Å². The number of aliphatic carboxylic acids is 1. The average Bonchev–Trinajstić information content (AvgIpc) is 2.10. The van der Waals surface area contributed by atoms with E-state index in [9.17, 15) is 14.7 Å². The van der Waals surface area contributed by atoms with Gasteiger partial charge in [-0.25, -0.2) is 9.59 Å². The minimum atomic E-state index is -1.20. The van der Waals surface area contributed by atoms with Crippen LogP contribution < -0.4 is 5.32 Å². The molecule has 0 atom stereocenters. The Hall–Kier alpha value is -1.30. The number of alkyl carbamates (subject to hydrolysis) is 1. The van der Waals surface area contributed by atoms with Gasteiger partial charge in [-0.15, -0.1) is 0 Å². The molecule has 1 aliphatic carbocycles. The minimum Gasteiger partial charge on any atom is -0.480 e. The fourth-order valence-electron chi connectivity index (χ4n) is 2.11. The Kier molecular flexibility index (Phi) is 4.21. The van der Waals surface area contributed by atoms with Crippen molar-refractivity contribution in [2.75, 3.05) is 13.7 Å². The van der Waals surface area contributed by atoms with Crippen LogP contribution in [0, 0.1) is 5.92 Å². The van der Waals surface area contributed by atoms with E-state index in [4.69, 9.17) is 9.47 Å². The van der Waals surface area contributed by atoms with Gasteiger partial charge in [0.25, 0.3) is 0 Å². The summed E-state index contributed by atoms with van der Waals surface area (Å²) in [7, 11) is 1.57. The van der Waals surface area contributed by atoms with Crippen molar-refractivity contribution in [3.05, 3.63) is 0 Å². The first-order chi connectivity index (χ1) is 8.18. The van der Waals surface area contributed by atoms with E-state index >= 15 is 0 Å². The molecule has 1 fully saturated rings. The van der Waals surface area contributed by atoms with Crippen molar-refractivity contribution in [2.24, 2.45) is 5.92 Å². The topological polar surface area (TPSA) is 84.9 Å². The second-order valence-corrected chi connectivity index (χ2v) is 5.74. The fraction of sp³-hybridized carbons (Fsp3) is 0.833. The fourth-order valence-corrected chi connectivity index (χ4v) is 2.11. The Morgan fingerprint density at radius 2 is 1.94 bits per heavy atom. The summed E-state index contributed by atoms with van der Waals surface area (Å²) in [5.74, 6) is -0.859. The Morgan fingerprint density at radius 1 is 1.39 bits per heavy atom. The Balaban J connectivity index is 2.56. The molecule has 0 aromatic heterocycles. The molecule has 104 valence electrons. The number of carboxylic acids is 1. The number of carbonyl (C=O) groups is 2. The summed E-state index contributed by atoms with van der Waals surface area (Å²) < 4.78 is 10.0. The molecule has 1 amide bonds. The highest BCUT2D eigenvalue weighted by molar-refractivity contribution is 5.85. The average molecular weight is 259 g/mol. The number of nitrogens with one attached hydrogen (secondary N) is 1. The number of carboxylic acid groups (broad SMARTS) is 1. The van der Waals surface area contributed by atoms with Crippen LogP contribution in [0.4, 0.5) is 4.79 Å². The third kappa shape index (κ3) is 3.60. The van der Waals surface area contributed by atoms with Crippen LogP contribution in [0.5, 0.6) is 0 Å². The molecule has 1 rings (SSSR count). The molecule has 0 spiro atoms. The number of amides is 1. The zero-order valence-corrected chi connectivity index (χ0v) is 11.3. The molecule has 0 aromatic carbocycles. The second-order valence-electron chi connectivity index (χ2n) is 5.74. The van der Waals surface area contributed by atoms with Crippen LogP contribution in [0.1, 0.15) is 33.6 Å². The van der Waals surface area contributed by atoms with Crippen molar-refractivity contribution in [2.45, 2.75) is 44.8 Å². The highest BCUT2D eigenvalue weighted by Gasteiger charge is 2.52. The van der Waals surface area contributed by atoms with E-state index in [1.165, 1.54) is 0 Å². The van der Waals surface area contributed by atoms with Gasteiger partial charge in [-0.05, 0) is 39.5 Å². The molecule has 1 aliphatic rings. The normalized spacial score (nSPS) is 27.2. The Labute approximate surface area is 107 Å². The molecule has 6 heteroatoms. The summed E-state index contributed by atoms with van der Waals surface area (Å²) in [5, 5.41) is 11.7. The van der Waals surface area contributed by atoms with Gasteiger partial charge >= 0.3 is 12.1 Å². The van der Waals surface area contributed by atoms with Gasteiger partial charge in [0.05, 0.1) is 0 Å². The molecule has 6 nitrogen and oxygen atoms in total. The highest BCUT2D eigenvalue weighted by Crippen LogP contribution is 2.38. The van der Waals surface area contributed by atoms with Crippen molar-refractivity contribution in [3.63, 3.8) is 0 Å². The summed E-state index contributed by atoms with van der Waals surface area (Å²) in [4.78, 5) is 22.9. The van der Waals surface area contributed by atoms with Gasteiger partial charge in [0.15, 0.2) is 0 Å². The largest absolute Gasteiger partial charge is 0.480 e. The lowest BCUT2D eigenvalue weighted by Gasteiger charge is -2.44. The van der Waals surface area contributed by atoms with E-state index < -0.39 is 23.2 Å². The lowest BCUT2D eigenvalue weighted by atomic mass is 9.68. The minimum absolute atomic E-state index is 0.168. The van der Waals surface area contributed by atoms with Gasteiger partial charge in [0, 0.05) is 13.7 Å². The van der Waals surface area contributed by atoms with Crippen LogP contribution >= 0.6 is 0 Å². The van der Waals surface area contributed by atoms with Crippen molar-refractivity contribution in [3.8, 4) is 0 Å². The van der Waals surface area contributed by atoms with Gasteiger partial charge in [-0.3, -0.25) is 0 Å². The summed E-state index contributed by atoms with van der Waals surface area (Å²) in [6.45, 7) is 5.70. The van der Waals surface area contributed by atoms with Gasteiger partial charge < -0.3 is 19.9 Å². The maximum absolute atomic E-state index is 11.6. The maximum atomic E-state index is 11.6. The smallest absolute Gasteiger partial charge is 0.408 e. The molecular formula is C12H21NO5. The number of rotatable bonds is 4. The monoisotopic (exact) mass is 259 g/mol. The van der Waals surface area contributed by atoms with Crippen molar-refractivity contribution in [1.82, 2.24) is 5.32 Å². The van der Waals surface area contributed by atoms with E-state index in [0.29, 0.717) is 19.4 Å². The highest BCUT2D eigenvalue weighted by atomic mass is 16.6. The molecule has 1 saturated carbocycles. The Bertz CT molecular complexity index is 328. The van der Waals surface area contributed by atoms with Crippen LogP contribution in [0.2, 0.25) is 0 Å². The van der Waals surface area contributed by atoms with Crippen LogP contribution in [0.3, 0.4) is 0 Å². The first-order valence-corrected chi connectivity index (χ1v) is 5.92. The number of ether oxygens (including phenoxy) is 2.